The number of hydrogen-bond acceptors (Lipinski definition) is 1. The lowest BCUT2D eigenvalue weighted by molar-refractivity contribution is -0.119. The van der Waals surface area contributed by atoms with Gasteiger partial charge in [0.2, 0.25) is 5.91 Å². The van der Waals surface area contributed by atoms with Gasteiger partial charge in [-0.25, -0.2) is 0 Å². The highest BCUT2D eigenvalue weighted by Crippen LogP contribution is 2.42. The molecule has 1 N–H and O–H groups in total. The summed E-state index contributed by atoms with van der Waals surface area (Å²) < 4.78 is 0. The summed E-state index contributed by atoms with van der Waals surface area (Å²) >= 11 is 0. The summed E-state index contributed by atoms with van der Waals surface area (Å²) in [7, 11) is 0. The van der Waals surface area contributed by atoms with E-state index in [4.69, 9.17) is 0 Å². The van der Waals surface area contributed by atoms with Crippen LogP contribution in [0.4, 0.5) is 0 Å². The molecule has 1 aliphatic carbocycles. The summed E-state index contributed by atoms with van der Waals surface area (Å²) in [6.07, 6.45) is 6.15. The molecule has 1 saturated heterocycles. The van der Waals surface area contributed by atoms with Crippen LogP contribution >= 0.6 is 0 Å². The molecule has 1 aliphatic heterocycles. The Hall–Kier alpha value is -0.790. The van der Waals surface area contributed by atoms with Crippen LogP contribution in [0.5, 0.6) is 0 Å². The molecular formula is C9H13NO. The van der Waals surface area contributed by atoms with Crippen molar-refractivity contribution in [2.24, 2.45) is 5.92 Å². The van der Waals surface area contributed by atoms with Crippen LogP contribution in [0.15, 0.2) is 12.7 Å². The van der Waals surface area contributed by atoms with Crippen molar-refractivity contribution in [3.05, 3.63) is 12.7 Å². The van der Waals surface area contributed by atoms with Crippen molar-refractivity contribution in [3.63, 3.8) is 0 Å². The van der Waals surface area contributed by atoms with Crippen molar-refractivity contribution >= 4 is 5.91 Å². The van der Waals surface area contributed by atoms with Crippen LogP contribution in [-0.4, -0.2) is 11.4 Å². The minimum atomic E-state index is -0.0168. The Morgan fingerprint density at radius 1 is 1.73 bits per heavy atom. The first kappa shape index (κ1) is 6.89. The van der Waals surface area contributed by atoms with Crippen LogP contribution in [-0.2, 0) is 4.79 Å². The molecule has 2 aliphatic rings. The zero-order chi connectivity index (χ0) is 7.90. The van der Waals surface area contributed by atoms with E-state index in [1.807, 2.05) is 6.08 Å². The molecule has 2 fully saturated rings. The van der Waals surface area contributed by atoms with Gasteiger partial charge < -0.3 is 5.32 Å². The number of amides is 1. The molecule has 2 rings (SSSR count). The van der Waals surface area contributed by atoms with Gasteiger partial charge in [0.05, 0.1) is 5.54 Å². The highest BCUT2D eigenvalue weighted by molar-refractivity contribution is 5.80. The maximum Gasteiger partial charge on any atom is 0.221 e. The lowest BCUT2D eigenvalue weighted by Crippen LogP contribution is -2.40. The molecule has 1 amide bonds. The average molecular weight is 151 g/mol. The molecular weight excluding hydrogens is 138 g/mol. The van der Waals surface area contributed by atoms with E-state index in [-0.39, 0.29) is 11.4 Å². The van der Waals surface area contributed by atoms with E-state index in [1.165, 1.54) is 12.8 Å². The molecule has 11 heavy (non-hydrogen) atoms. The third-order valence-electron chi connectivity index (χ3n) is 3.04. The maximum atomic E-state index is 11.1. The van der Waals surface area contributed by atoms with Crippen molar-refractivity contribution in [1.82, 2.24) is 5.32 Å². The minimum Gasteiger partial charge on any atom is -0.347 e. The van der Waals surface area contributed by atoms with Gasteiger partial charge in [0.15, 0.2) is 0 Å². The first-order valence-electron chi connectivity index (χ1n) is 4.21. The Morgan fingerprint density at radius 2 is 2.55 bits per heavy atom. The number of carbonyl (C=O) groups excluding carboxylic acids is 1. The highest BCUT2D eigenvalue weighted by atomic mass is 16.2. The molecule has 0 spiro atoms. The van der Waals surface area contributed by atoms with Crippen LogP contribution in [0.3, 0.4) is 0 Å². The van der Waals surface area contributed by atoms with E-state index in [1.54, 1.807) is 0 Å². The van der Waals surface area contributed by atoms with Crippen molar-refractivity contribution < 1.29 is 4.79 Å². The van der Waals surface area contributed by atoms with Crippen LogP contribution in [0, 0.1) is 5.92 Å². The van der Waals surface area contributed by atoms with E-state index in [0.717, 1.165) is 6.42 Å². The molecule has 0 aromatic carbocycles. The maximum absolute atomic E-state index is 11.1. The van der Waals surface area contributed by atoms with Gasteiger partial charge in [0.25, 0.3) is 0 Å². The molecule has 1 unspecified atom stereocenters. The van der Waals surface area contributed by atoms with Gasteiger partial charge in [0, 0.05) is 6.42 Å². The van der Waals surface area contributed by atoms with Gasteiger partial charge in [-0.05, 0) is 18.8 Å². The molecule has 0 aromatic rings. The third kappa shape index (κ3) is 0.817. The summed E-state index contributed by atoms with van der Waals surface area (Å²) in [5.41, 5.74) is -0.0168. The lowest BCUT2D eigenvalue weighted by Gasteiger charge is -2.24. The summed E-state index contributed by atoms with van der Waals surface area (Å²) in [4.78, 5) is 11.1. The summed E-state index contributed by atoms with van der Waals surface area (Å²) in [5, 5.41) is 3.02. The van der Waals surface area contributed by atoms with E-state index in [9.17, 15) is 4.79 Å². The Balaban J connectivity index is 2.28. The molecule has 0 radical (unpaired) electrons. The fourth-order valence-corrected chi connectivity index (χ4v) is 2.41. The van der Waals surface area contributed by atoms with Crippen molar-refractivity contribution in [2.45, 2.75) is 31.2 Å². The number of rotatable bonds is 1. The van der Waals surface area contributed by atoms with Gasteiger partial charge in [-0.3, -0.25) is 4.79 Å². The second-order valence-corrected chi connectivity index (χ2v) is 3.59. The fourth-order valence-electron chi connectivity index (χ4n) is 2.41. The van der Waals surface area contributed by atoms with E-state index in [2.05, 4.69) is 11.9 Å². The molecule has 2 heteroatoms. The number of hydrogen-bond donors (Lipinski definition) is 1. The van der Waals surface area contributed by atoms with Gasteiger partial charge in [-0.1, -0.05) is 12.5 Å². The molecule has 2 atom stereocenters. The Bertz CT molecular complexity index is 212. The molecule has 0 aromatic heterocycles. The number of carbonyl (C=O) groups is 1. The summed E-state index contributed by atoms with van der Waals surface area (Å²) in [6, 6.07) is 0. The van der Waals surface area contributed by atoms with Crippen LogP contribution < -0.4 is 5.32 Å². The zero-order valence-corrected chi connectivity index (χ0v) is 6.60. The standard InChI is InChI=1S/C9H13NO/c1-2-9-5-3-4-7(9)6-8(11)10-9/h2,7H,1,3-6H2,(H,10,11)/t7?,9-/m1/s1. The van der Waals surface area contributed by atoms with Crippen molar-refractivity contribution in [3.8, 4) is 0 Å². The van der Waals surface area contributed by atoms with E-state index < -0.39 is 0 Å². The van der Waals surface area contributed by atoms with E-state index in [0.29, 0.717) is 12.3 Å². The Kier molecular flexibility index (Phi) is 1.31. The van der Waals surface area contributed by atoms with Crippen LogP contribution in [0.1, 0.15) is 25.7 Å². The van der Waals surface area contributed by atoms with Gasteiger partial charge in [-0.15, -0.1) is 6.58 Å². The molecule has 1 heterocycles. The molecule has 1 saturated carbocycles. The zero-order valence-electron chi connectivity index (χ0n) is 6.60. The number of fused-ring (bicyclic) bond motifs is 1. The average Bonchev–Trinajstić information content (AvgIpc) is 2.43. The normalized spacial score (nSPS) is 41.8. The van der Waals surface area contributed by atoms with Gasteiger partial charge >= 0.3 is 0 Å². The van der Waals surface area contributed by atoms with Gasteiger partial charge in [-0.2, -0.15) is 0 Å². The summed E-state index contributed by atoms with van der Waals surface area (Å²) in [6.45, 7) is 3.80. The quantitative estimate of drug-likeness (QED) is 0.561. The Morgan fingerprint density at radius 3 is 3.18 bits per heavy atom. The summed E-state index contributed by atoms with van der Waals surface area (Å²) in [5.74, 6) is 0.738. The van der Waals surface area contributed by atoms with Crippen molar-refractivity contribution in [2.75, 3.05) is 0 Å². The molecule has 0 bridgehead atoms. The van der Waals surface area contributed by atoms with E-state index >= 15 is 0 Å². The fraction of sp³-hybridized carbons (Fsp3) is 0.667. The predicted molar refractivity (Wildman–Crippen MR) is 43.0 cm³/mol. The third-order valence-corrected chi connectivity index (χ3v) is 3.04. The minimum absolute atomic E-state index is 0.0168. The monoisotopic (exact) mass is 151 g/mol. The predicted octanol–water partition coefficient (Wildman–Crippen LogP) is 1.23. The topological polar surface area (TPSA) is 29.1 Å². The first-order valence-corrected chi connectivity index (χ1v) is 4.21. The molecule has 60 valence electrons. The van der Waals surface area contributed by atoms with Crippen molar-refractivity contribution in [1.29, 1.82) is 0 Å². The highest BCUT2D eigenvalue weighted by Gasteiger charge is 2.47. The van der Waals surface area contributed by atoms with Crippen LogP contribution in [0.2, 0.25) is 0 Å². The lowest BCUT2D eigenvalue weighted by atomic mass is 9.89. The van der Waals surface area contributed by atoms with Crippen LogP contribution in [0.25, 0.3) is 0 Å². The second-order valence-electron chi connectivity index (χ2n) is 3.59. The molecule has 2 nitrogen and oxygen atoms in total. The smallest absolute Gasteiger partial charge is 0.221 e. The SMILES string of the molecule is C=C[C@@]12CCCC1CC(=O)N2. The second kappa shape index (κ2) is 2.10. The first-order chi connectivity index (χ1) is 5.27. The number of nitrogens with one attached hydrogen (secondary N) is 1. The Labute approximate surface area is 66.7 Å². The largest absolute Gasteiger partial charge is 0.347 e. The van der Waals surface area contributed by atoms with Gasteiger partial charge in [0.1, 0.15) is 0 Å².